The number of benzene rings is 1. The summed E-state index contributed by atoms with van der Waals surface area (Å²) >= 11 is 0. The second-order valence-electron chi connectivity index (χ2n) is 5.64. The predicted octanol–water partition coefficient (Wildman–Crippen LogP) is 2.65. The first kappa shape index (κ1) is 13.4. The summed E-state index contributed by atoms with van der Waals surface area (Å²) in [5.74, 6) is 0.937. The molecule has 0 aromatic heterocycles. The van der Waals surface area contributed by atoms with Gasteiger partial charge in [0.15, 0.2) is 0 Å². The molecule has 0 spiro atoms. The maximum atomic E-state index is 11.8. The molecular formula is C16H22N2O2. The van der Waals surface area contributed by atoms with Gasteiger partial charge >= 0.3 is 0 Å². The zero-order valence-electron chi connectivity index (χ0n) is 11.8. The Kier molecular flexibility index (Phi) is 4.21. The van der Waals surface area contributed by atoms with E-state index < -0.39 is 0 Å². The number of rotatable bonds is 4. The molecule has 2 aliphatic heterocycles. The summed E-state index contributed by atoms with van der Waals surface area (Å²) < 4.78 is 5.38. The fourth-order valence-corrected chi connectivity index (χ4v) is 2.92. The van der Waals surface area contributed by atoms with Gasteiger partial charge in [0, 0.05) is 44.1 Å². The standard InChI is InChI=1S/C16H22N2O2/c19-16-5-2-8-18(16)15-4-1-3-14(11-15)17-12-13-6-9-20-10-7-13/h1,3-4,11,13,17H,2,5-10,12H2. The number of ether oxygens (including phenoxy) is 1. The Balaban J connectivity index is 1.60. The fourth-order valence-electron chi connectivity index (χ4n) is 2.92. The summed E-state index contributed by atoms with van der Waals surface area (Å²) in [5.41, 5.74) is 2.12. The summed E-state index contributed by atoms with van der Waals surface area (Å²) in [6, 6.07) is 8.20. The number of carbonyl (C=O) groups excluding carboxylic acids is 1. The molecule has 1 amide bonds. The van der Waals surface area contributed by atoms with Crippen LogP contribution in [0.15, 0.2) is 24.3 Å². The van der Waals surface area contributed by atoms with E-state index >= 15 is 0 Å². The third-order valence-electron chi connectivity index (χ3n) is 4.17. The topological polar surface area (TPSA) is 41.6 Å². The van der Waals surface area contributed by atoms with E-state index in [1.165, 1.54) is 0 Å². The highest BCUT2D eigenvalue weighted by molar-refractivity contribution is 5.95. The van der Waals surface area contributed by atoms with Gasteiger partial charge < -0.3 is 15.0 Å². The van der Waals surface area contributed by atoms with Crippen LogP contribution in [0, 0.1) is 5.92 Å². The smallest absolute Gasteiger partial charge is 0.227 e. The normalized spacial score (nSPS) is 20.4. The number of carbonyl (C=O) groups is 1. The van der Waals surface area contributed by atoms with Crippen LogP contribution in [0.2, 0.25) is 0 Å². The second kappa shape index (κ2) is 6.27. The Labute approximate surface area is 120 Å². The fraction of sp³-hybridized carbons (Fsp3) is 0.562. The van der Waals surface area contributed by atoms with Gasteiger partial charge in [0.1, 0.15) is 0 Å². The molecule has 0 unspecified atom stereocenters. The Morgan fingerprint density at radius 2 is 2.15 bits per heavy atom. The molecule has 1 aromatic carbocycles. The van der Waals surface area contributed by atoms with Gasteiger partial charge in [0.05, 0.1) is 0 Å². The van der Waals surface area contributed by atoms with Crippen molar-refractivity contribution in [3.05, 3.63) is 24.3 Å². The molecule has 1 N–H and O–H groups in total. The average molecular weight is 274 g/mol. The van der Waals surface area contributed by atoms with Crippen molar-refractivity contribution in [3.8, 4) is 0 Å². The van der Waals surface area contributed by atoms with E-state index in [2.05, 4.69) is 17.4 Å². The van der Waals surface area contributed by atoms with E-state index in [0.717, 1.165) is 56.9 Å². The molecule has 0 radical (unpaired) electrons. The number of nitrogens with one attached hydrogen (secondary N) is 1. The van der Waals surface area contributed by atoms with E-state index in [1.54, 1.807) is 0 Å². The van der Waals surface area contributed by atoms with Crippen LogP contribution >= 0.6 is 0 Å². The first-order chi connectivity index (χ1) is 9.83. The molecule has 20 heavy (non-hydrogen) atoms. The summed E-state index contributed by atoms with van der Waals surface area (Å²) in [5, 5.41) is 3.50. The van der Waals surface area contributed by atoms with Crippen molar-refractivity contribution in [2.45, 2.75) is 25.7 Å². The molecular weight excluding hydrogens is 252 g/mol. The van der Waals surface area contributed by atoms with Crippen molar-refractivity contribution in [1.82, 2.24) is 0 Å². The van der Waals surface area contributed by atoms with Crippen LogP contribution in [0.25, 0.3) is 0 Å². The van der Waals surface area contributed by atoms with Crippen LogP contribution in [0.5, 0.6) is 0 Å². The SMILES string of the molecule is O=C1CCCN1c1cccc(NCC2CCOCC2)c1. The lowest BCUT2D eigenvalue weighted by Crippen LogP contribution is -2.24. The quantitative estimate of drug-likeness (QED) is 0.917. The zero-order chi connectivity index (χ0) is 13.8. The Hall–Kier alpha value is -1.55. The molecule has 2 fully saturated rings. The van der Waals surface area contributed by atoms with Crippen molar-refractivity contribution in [2.75, 3.05) is 36.5 Å². The second-order valence-corrected chi connectivity index (χ2v) is 5.64. The van der Waals surface area contributed by atoms with Crippen molar-refractivity contribution < 1.29 is 9.53 Å². The summed E-state index contributed by atoms with van der Waals surface area (Å²) in [7, 11) is 0. The third kappa shape index (κ3) is 3.12. The van der Waals surface area contributed by atoms with Crippen molar-refractivity contribution >= 4 is 17.3 Å². The van der Waals surface area contributed by atoms with Gasteiger partial charge in [-0.15, -0.1) is 0 Å². The molecule has 2 aliphatic rings. The van der Waals surface area contributed by atoms with Gasteiger partial charge in [0.2, 0.25) is 5.91 Å². The molecule has 0 bridgehead atoms. The zero-order valence-corrected chi connectivity index (χ0v) is 11.8. The van der Waals surface area contributed by atoms with Crippen LogP contribution in [-0.4, -0.2) is 32.2 Å². The lowest BCUT2D eigenvalue weighted by Gasteiger charge is -2.23. The summed E-state index contributed by atoms with van der Waals surface area (Å²) in [6.07, 6.45) is 3.92. The molecule has 0 aliphatic carbocycles. The molecule has 0 saturated carbocycles. The lowest BCUT2D eigenvalue weighted by atomic mass is 10.0. The number of hydrogen-bond acceptors (Lipinski definition) is 3. The van der Waals surface area contributed by atoms with Crippen LogP contribution in [0.4, 0.5) is 11.4 Å². The molecule has 0 atom stereocenters. The average Bonchev–Trinajstić information content (AvgIpc) is 2.93. The molecule has 4 heteroatoms. The minimum atomic E-state index is 0.242. The van der Waals surface area contributed by atoms with Gasteiger partial charge in [-0.3, -0.25) is 4.79 Å². The molecule has 3 rings (SSSR count). The van der Waals surface area contributed by atoms with Crippen molar-refractivity contribution in [1.29, 1.82) is 0 Å². The van der Waals surface area contributed by atoms with E-state index in [0.29, 0.717) is 12.3 Å². The predicted molar refractivity (Wildman–Crippen MR) is 80.1 cm³/mol. The lowest BCUT2D eigenvalue weighted by molar-refractivity contribution is -0.117. The van der Waals surface area contributed by atoms with Crippen LogP contribution in [-0.2, 0) is 9.53 Å². The number of amides is 1. The molecule has 1 aromatic rings. The summed E-state index contributed by atoms with van der Waals surface area (Å²) in [6.45, 7) is 3.60. The third-order valence-corrected chi connectivity index (χ3v) is 4.17. The van der Waals surface area contributed by atoms with E-state index in [-0.39, 0.29) is 5.91 Å². The Morgan fingerprint density at radius 1 is 1.30 bits per heavy atom. The van der Waals surface area contributed by atoms with E-state index in [9.17, 15) is 4.79 Å². The highest BCUT2D eigenvalue weighted by Gasteiger charge is 2.21. The van der Waals surface area contributed by atoms with Crippen molar-refractivity contribution in [2.24, 2.45) is 5.92 Å². The first-order valence-corrected chi connectivity index (χ1v) is 7.55. The largest absolute Gasteiger partial charge is 0.385 e. The molecule has 4 nitrogen and oxygen atoms in total. The minimum Gasteiger partial charge on any atom is -0.385 e. The van der Waals surface area contributed by atoms with Gasteiger partial charge in [0.25, 0.3) is 0 Å². The van der Waals surface area contributed by atoms with Gasteiger partial charge in [-0.25, -0.2) is 0 Å². The summed E-state index contributed by atoms with van der Waals surface area (Å²) in [4.78, 5) is 13.7. The van der Waals surface area contributed by atoms with Crippen LogP contribution in [0.3, 0.4) is 0 Å². The van der Waals surface area contributed by atoms with Crippen molar-refractivity contribution in [3.63, 3.8) is 0 Å². The number of nitrogens with zero attached hydrogens (tertiary/aromatic N) is 1. The Bertz CT molecular complexity index is 469. The maximum absolute atomic E-state index is 11.8. The molecule has 108 valence electrons. The van der Waals surface area contributed by atoms with Gasteiger partial charge in [-0.2, -0.15) is 0 Å². The molecule has 2 heterocycles. The van der Waals surface area contributed by atoms with E-state index in [4.69, 9.17) is 4.74 Å². The van der Waals surface area contributed by atoms with Gasteiger partial charge in [-0.05, 0) is 43.4 Å². The minimum absolute atomic E-state index is 0.242. The first-order valence-electron chi connectivity index (χ1n) is 7.55. The Morgan fingerprint density at radius 3 is 2.90 bits per heavy atom. The van der Waals surface area contributed by atoms with E-state index in [1.807, 2.05) is 17.0 Å². The highest BCUT2D eigenvalue weighted by Crippen LogP contribution is 2.24. The van der Waals surface area contributed by atoms with Crippen LogP contribution in [0.1, 0.15) is 25.7 Å². The maximum Gasteiger partial charge on any atom is 0.227 e. The number of anilines is 2. The highest BCUT2D eigenvalue weighted by atomic mass is 16.5. The monoisotopic (exact) mass is 274 g/mol. The van der Waals surface area contributed by atoms with Gasteiger partial charge in [-0.1, -0.05) is 6.07 Å². The van der Waals surface area contributed by atoms with Crippen LogP contribution < -0.4 is 10.2 Å². The molecule has 2 saturated heterocycles. The number of hydrogen-bond donors (Lipinski definition) is 1.